The van der Waals surface area contributed by atoms with E-state index >= 15 is 0 Å². The van der Waals surface area contributed by atoms with Crippen LogP contribution in [-0.4, -0.2) is 165 Å². The third-order valence-corrected chi connectivity index (χ3v) is 21.4. The van der Waals surface area contributed by atoms with Crippen molar-refractivity contribution in [3.8, 4) is 0 Å². The molecule has 2 aromatic rings. The molecule has 0 fully saturated rings. The minimum Gasteiger partial charge on any atom is -0.467 e. The number of unbranched alkanes of at least 4 members (excludes halogenated alkanes) is 1. The van der Waals surface area contributed by atoms with Gasteiger partial charge in [-0.25, -0.2) is 17.9 Å². The lowest BCUT2D eigenvalue weighted by Crippen LogP contribution is -2.61. The summed E-state index contributed by atoms with van der Waals surface area (Å²) >= 11 is 4.16. The van der Waals surface area contributed by atoms with Gasteiger partial charge in [-0.2, -0.15) is 35.3 Å². The first kappa shape index (κ1) is 91.2. The molecule has 2 aromatic carbocycles. The van der Waals surface area contributed by atoms with Crippen molar-refractivity contribution in [1.29, 1.82) is 0 Å². The number of esters is 1. The lowest BCUT2D eigenvalue weighted by atomic mass is 10.0. The molecule has 2 rings (SSSR count). The molecular weight excluding hydrogens is 1350 g/mol. The number of thioether (sulfide) groups is 3. The number of nitrogens with two attached hydrogens (primary N) is 1. The van der Waals surface area contributed by atoms with E-state index in [1.54, 1.807) is 18.2 Å². The lowest BCUT2D eigenvalue weighted by molar-refractivity contribution is -0.145. The molecule has 0 saturated heterocycles. The number of methoxy groups -OCH3 is 1. The van der Waals surface area contributed by atoms with Crippen LogP contribution in [0.4, 0.5) is 5.69 Å². The van der Waals surface area contributed by atoms with Gasteiger partial charge in [0.1, 0.15) is 30.2 Å². The zero-order valence-electron chi connectivity index (χ0n) is 63.5. The molecule has 0 aliphatic heterocycles. The Morgan fingerprint density at radius 3 is 1.34 bits per heavy atom. The average molecular weight is 1480 g/mol. The van der Waals surface area contributed by atoms with Crippen molar-refractivity contribution in [3.05, 3.63) is 130 Å². The second-order valence-electron chi connectivity index (χ2n) is 27.8. The van der Waals surface area contributed by atoms with Crippen LogP contribution in [0.15, 0.2) is 134 Å². The van der Waals surface area contributed by atoms with Crippen LogP contribution in [0, 0.1) is 0 Å². The van der Waals surface area contributed by atoms with E-state index in [0.29, 0.717) is 16.9 Å². The Balaban J connectivity index is 2.34. The topological polar surface area (TPSA) is 288 Å². The summed E-state index contributed by atoms with van der Waals surface area (Å²) in [6, 6.07) is 2.38. The first-order valence-electron chi connectivity index (χ1n) is 35.5. The molecule has 0 saturated carbocycles. The number of carbonyl (C=O) groups is 6. The quantitative estimate of drug-likeness (QED) is 0.0169. The molecule has 0 spiro atoms. The van der Waals surface area contributed by atoms with Gasteiger partial charge in [0.15, 0.2) is 0 Å². The van der Waals surface area contributed by atoms with Gasteiger partial charge in [0, 0.05) is 70.6 Å². The summed E-state index contributed by atoms with van der Waals surface area (Å²) in [6.07, 6.45) is 29.8. The van der Waals surface area contributed by atoms with E-state index < -0.39 is 95.0 Å². The highest BCUT2D eigenvalue weighted by Gasteiger charge is 2.33. The predicted octanol–water partition coefficient (Wildman–Crippen LogP) is 12.6. The van der Waals surface area contributed by atoms with Crippen LogP contribution in [0.3, 0.4) is 0 Å². The first-order valence-corrected chi connectivity index (χ1v) is 40.3. The maximum atomic E-state index is 14.4. The largest absolute Gasteiger partial charge is 0.467 e. The molecule has 6 atom stereocenters. The smallest absolute Gasteiger partial charge is 0.329 e. The zero-order chi connectivity index (χ0) is 75.7. The number of hydrogen-bond acceptors (Lipinski definition) is 16. The molecule has 5 amide bonds. The first-order chi connectivity index (χ1) is 47.7. The van der Waals surface area contributed by atoms with Crippen molar-refractivity contribution in [2.45, 2.75) is 232 Å². The van der Waals surface area contributed by atoms with Crippen molar-refractivity contribution < 1.29 is 52.1 Å². The van der Waals surface area contributed by atoms with Crippen LogP contribution in [0.25, 0.3) is 10.8 Å². The number of nitrogens with one attached hydrogen (secondary N) is 6. The molecule has 0 radical (unpaired) electrons. The Bertz CT molecular complexity index is 3320. The molecule has 10 N–H and O–H groups in total. The molecule has 0 aliphatic carbocycles. The number of carbonyl (C=O) groups excluding carboxylic acids is 6. The number of anilines is 1. The Morgan fingerprint density at radius 1 is 0.515 bits per heavy atom. The van der Waals surface area contributed by atoms with E-state index in [1.807, 2.05) is 64.9 Å². The molecule has 566 valence electrons. The summed E-state index contributed by atoms with van der Waals surface area (Å²) in [7, 11) is 0.947. The van der Waals surface area contributed by atoms with Crippen molar-refractivity contribution in [3.63, 3.8) is 0 Å². The Hall–Kier alpha value is -5.92. The monoisotopic (exact) mass is 1480 g/mol. The van der Waals surface area contributed by atoms with Gasteiger partial charge in [-0.3, -0.25) is 24.0 Å². The van der Waals surface area contributed by atoms with Crippen molar-refractivity contribution in [2.24, 2.45) is 5.73 Å². The summed E-state index contributed by atoms with van der Waals surface area (Å²) in [6.45, 7) is 25.3. The Kier molecular flexibility index (Phi) is 44.8. The van der Waals surface area contributed by atoms with Crippen molar-refractivity contribution >= 4 is 97.3 Å². The van der Waals surface area contributed by atoms with Crippen LogP contribution in [0.2, 0.25) is 0 Å². The lowest BCUT2D eigenvalue weighted by Gasteiger charge is -2.26. The van der Waals surface area contributed by atoms with Crippen molar-refractivity contribution in [1.82, 2.24) is 31.3 Å². The molecule has 19 nitrogen and oxygen atoms in total. The number of nitrogens with zero attached hydrogens (tertiary/aromatic N) is 1. The highest BCUT2D eigenvalue weighted by Crippen LogP contribution is 2.31. The third kappa shape index (κ3) is 39.0. The fraction of sp³-hybridized carbons (Fsp3) is 0.590. The van der Waals surface area contributed by atoms with Crippen LogP contribution >= 0.6 is 35.3 Å². The van der Waals surface area contributed by atoms with Gasteiger partial charge in [-0.15, -0.1) is 0 Å². The SMILES string of the molecule is COC(=O)[C@H](CSC/C=C(\C)CC/C=C(\C)CC/C=C(\C)CCC=C(C)C)NC(=O)[C@H](CO)NC(=O)[C@H](CSC/C=C(\C)CC/C=C(\C)CC/C=C(\C)CCC=C(C)C)NC(=O)[C@H](CO)NC(=O)[C@H](CCCCNS(=O)(=O)c1cccc2c(N(C)C)cccc12)NC(=O)[C@@H](N)CSC(C)(C)C. The number of rotatable bonds is 49. The van der Waals surface area contributed by atoms with Crippen LogP contribution in [0.1, 0.15) is 186 Å². The number of aliphatic hydroxyl groups is 2. The Morgan fingerprint density at radius 2 is 0.901 bits per heavy atom. The third-order valence-electron chi connectivity index (χ3n) is 16.6. The minimum atomic E-state index is -4.00. The van der Waals surface area contributed by atoms with Crippen LogP contribution in [-0.2, 0) is 43.5 Å². The van der Waals surface area contributed by atoms with Gasteiger partial charge < -0.3 is 52.2 Å². The maximum Gasteiger partial charge on any atom is 0.329 e. The fourth-order valence-corrected chi connectivity index (χ4v) is 14.5. The minimum absolute atomic E-state index is 0.0156. The van der Waals surface area contributed by atoms with E-state index in [1.165, 1.54) is 87.5 Å². The highest BCUT2D eigenvalue weighted by atomic mass is 32.2. The normalized spacial score (nSPS) is 14.6. The number of allylic oxidation sites excluding steroid dienone is 14. The van der Waals surface area contributed by atoms with Gasteiger partial charge in [-0.1, -0.05) is 138 Å². The van der Waals surface area contributed by atoms with E-state index in [9.17, 15) is 47.4 Å². The molecule has 0 aromatic heterocycles. The summed E-state index contributed by atoms with van der Waals surface area (Å²) in [5.74, 6) is -3.71. The summed E-state index contributed by atoms with van der Waals surface area (Å²) in [4.78, 5) is 85.6. The molecule has 0 aliphatic rings. The van der Waals surface area contributed by atoms with Gasteiger partial charge in [0.25, 0.3) is 0 Å². The predicted molar refractivity (Wildman–Crippen MR) is 425 cm³/mol. The summed E-state index contributed by atoms with van der Waals surface area (Å²) in [5.41, 5.74) is 17.6. The molecule has 23 heteroatoms. The number of benzene rings is 2. The van der Waals surface area contributed by atoms with Gasteiger partial charge in [0.05, 0.1) is 31.3 Å². The molecule has 0 bridgehead atoms. The van der Waals surface area contributed by atoms with Gasteiger partial charge in [-0.05, 0) is 178 Å². The van der Waals surface area contributed by atoms with E-state index in [-0.39, 0.29) is 52.7 Å². The number of aliphatic hydroxyl groups excluding tert-OH is 2. The summed E-state index contributed by atoms with van der Waals surface area (Å²) < 4.78 is 35.0. The number of sulfonamides is 1. The second-order valence-corrected chi connectivity index (χ2v) is 33.5. The molecule has 101 heavy (non-hydrogen) atoms. The fourth-order valence-electron chi connectivity index (χ4n) is 10.3. The standard InChI is InChI=1S/C78H124N8O11S4/c1-54(2)27-19-29-56(5)31-21-33-58(7)35-23-37-60(9)44-47-98-52-68(76(93)83-67(50-88)75(92)85-69(77(94)97-16)53-99-48-45-61(10)38-24-36-59(8)34-22-32-57(6)30-20-28-55(3)4)84-74(91)66(49-87)82-73(90)65(81-72(89)64(79)51-100-78(11,12)13)41-17-18-46-80-101(95,96)71-43-26-39-62-63(71)40-25-42-70(62)86(14)15/h25-28,31-32,35-36,39-40,42-45,64-69,80,87-88H,17-24,29-30,33-34,37-38,41,46-53,79H2,1-16H3,(H,81,89)(H,82,90)(H,83,93)(H,84,91)(H,85,92)/b56-31+,57-32+,58-35+,59-36+,60-44+,61-45+/t64-,65-,66-,67-,68-,69-/m0/s1. The van der Waals surface area contributed by atoms with Gasteiger partial charge >= 0.3 is 5.97 Å². The molecule has 0 heterocycles. The van der Waals surface area contributed by atoms with Gasteiger partial charge in [0.2, 0.25) is 39.6 Å². The van der Waals surface area contributed by atoms with E-state index in [0.717, 1.165) is 93.7 Å². The number of hydrogen-bond donors (Lipinski definition) is 9. The Labute approximate surface area is 619 Å². The number of amides is 5. The maximum absolute atomic E-state index is 14.4. The molecular formula is C78H124N8O11S4. The second kappa shape index (κ2) is 49.7. The van der Waals surface area contributed by atoms with Crippen LogP contribution in [0.5, 0.6) is 0 Å². The zero-order valence-corrected chi connectivity index (χ0v) is 66.8. The molecule has 0 unspecified atom stereocenters. The van der Waals surface area contributed by atoms with E-state index in [4.69, 9.17) is 10.5 Å². The van der Waals surface area contributed by atoms with Crippen molar-refractivity contribution in [2.75, 3.05) is 74.6 Å². The highest BCUT2D eigenvalue weighted by molar-refractivity contribution is 8.00. The number of fused-ring (bicyclic) bond motifs is 1. The van der Waals surface area contributed by atoms with E-state index in [2.05, 4.69) is 136 Å². The van der Waals surface area contributed by atoms with Crippen LogP contribution < -0.4 is 41.9 Å². The average Bonchev–Trinajstić information content (AvgIpc) is 0.778. The number of ether oxygens (including phenoxy) is 1. The summed E-state index contributed by atoms with van der Waals surface area (Å²) in [5, 5.41) is 35.7.